The fourth-order valence-corrected chi connectivity index (χ4v) is 1.83. The number of carbonyl (C=O) groups is 2. The smallest absolute Gasteiger partial charge is 0.252 e. The summed E-state index contributed by atoms with van der Waals surface area (Å²) in [6.07, 6.45) is 1.98. The molecule has 2 amide bonds. The van der Waals surface area contributed by atoms with Crippen molar-refractivity contribution in [1.29, 1.82) is 0 Å². The maximum Gasteiger partial charge on any atom is 0.252 e. The summed E-state index contributed by atoms with van der Waals surface area (Å²) < 4.78 is 0.717. The van der Waals surface area contributed by atoms with E-state index in [1.807, 2.05) is 6.07 Å². The number of halogens is 1. The lowest BCUT2D eigenvalue weighted by molar-refractivity contribution is -0.120. The number of carbonyl (C=O) groups excluding carboxylic acids is 2. The summed E-state index contributed by atoms with van der Waals surface area (Å²) >= 11 is 3.29. The molecule has 1 aromatic carbocycles. The standard InChI is InChI=1S/C13H17BrN2O2/c1-2-3-8-15-12(17)9-16-13(18)10-6-4-5-7-11(10)14/h4-7H,2-3,8-9H2,1H3,(H,15,17)(H,16,18). The van der Waals surface area contributed by atoms with Crippen LogP contribution < -0.4 is 10.6 Å². The zero-order valence-corrected chi connectivity index (χ0v) is 11.9. The molecule has 0 aromatic heterocycles. The molecular weight excluding hydrogens is 296 g/mol. The third-order valence-electron chi connectivity index (χ3n) is 2.38. The molecule has 0 fully saturated rings. The van der Waals surface area contributed by atoms with Crippen LogP contribution in [0.25, 0.3) is 0 Å². The van der Waals surface area contributed by atoms with Gasteiger partial charge in [0.2, 0.25) is 5.91 Å². The Morgan fingerprint density at radius 1 is 1.22 bits per heavy atom. The maximum absolute atomic E-state index is 11.8. The molecule has 0 saturated heterocycles. The van der Waals surface area contributed by atoms with Gasteiger partial charge in [-0.3, -0.25) is 9.59 Å². The number of amides is 2. The molecule has 0 bridgehead atoms. The van der Waals surface area contributed by atoms with Crippen LogP contribution in [0.1, 0.15) is 30.1 Å². The van der Waals surface area contributed by atoms with E-state index in [2.05, 4.69) is 33.5 Å². The van der Waals surface area contributed by atoms with Crippen LogP contribution in [-0.2, 0) is 4.79 Å². The van der Waals surface area contributed by atoms with Gasteiger partial charge >= 0.3 is 0 Å². The molecule has 0 radical (unpaired) electrons. The van der Waals surface area contributed by atoms with Gasteiger partial charge in [-0.2, -0.15) is 0 Å². The Labute approximate surface area is 115 Å². The van der Waals surface area contributed by atoms with E-state index >= 15 is 0 Å². The van der Waals surface area contributed by atoms with Gasteiger partial charge in [0.15, 0.2) is 0 Å². The van der Waals surface area contributed by atoms with E-state index < -0.39 is 0 Å². The second-order valence-electron chi connectivity index (χ2n) is 3.87. The molecule has 4 nitrogen and oxygen atoms in total. The number of rotatable bonds is 6. The molecule has 0 heterocycles. The average Bonchev–Trinajstić information content (AvgIpc) is 2.37. The van der Waals surface area contributed by atoms with Crippen LogP contribution in [0, 0.1) is 0 Å². The largest absolute Gasteiger partial charge is 0.355 e. The second kappa shape index (κ2) is 7.87. The first-order valence-corrected chi connectivity index (χ1v) is 6.74. The van der Waals surface area contributed by atoms with Gasteiger partial charge in [-0.05, 0) is 34.5 Å². The molecule has 1 aromatic rings. The predicted octanol–water partition coefficient (Wildman–Crippen LogP) is 2.10. The summed E-state index contributed by atoms with van der Waals surface area (Å²) in [6.45, 7) is 2.71. The monoisotopic (exact) mass is 312 g/mol. The molecule has 2 N–H and O–H groups in total. The van der Waals surface area contributed by atoms with Gasteiger partial charge in [-0.25, -0.2) is 0 Å². The number of nitrogens with one attached hydrogen (secondary N) is 2. The Balaban J connectivity index is 2.38. The molecule has 0 spiro atoms. The van der Waals surface area contributed by atoms with Gasteiger partial charge in [-0.15, -0.1) is 0 Å². The van der Waals surface area contributed by atoms with E-state index in [1.54, 1.807) is 18.2 Å². The lowest BCUT2D eigenvalue weighted by Crippen LogP contribution is -2.37. The minimum absolute atomic E-state index is 0.00385. The predicted molar refractivity (Wildman–Crippen MR) is 74.4 cm³/mol. The van der Waals surface area contributed by atoms with Gasteiger partial charge in [0.1, 0.15) is 0 Å². The summed E-state index contributed by atoms with van der Waals surface area (Å²) in [5, 5.41) is 5.33. The fourth-order valence-electron chi connectivity index (χ4n) is 1.37. The zero-order valence-electron chi connectivity index (χ0n) is 10.3. The highest BCUT2D eigenvalue weighted by Crippen LogP contribution is 2.15. The summed E-state index contributed by atoms with van der Waals surface area (Å²) in [4.78, 5) is 23.2. The van der Waals surface area contributed by atoms with E-state index in [0.29, 0.717) is 16.6 Å². The molecule has 0 aliphatic carbocycles. The molecular formula is C13H17BrN2O2. The molecule has 0 saturated carbocycles. The highest BCUT2D eigenvalue weighted by Gasteiger charge is 2.10. The molecule has 0 unspecified atom stereocenters. The molecule has 5 heteroatoms. The zero-order chi connectivity index (χ0) is 13.4. The van der Waals surface area contributed by atoms with Gasteiger partial charge in [-0.1, -0.05) is 25.5 Å². The SMILES string of the molecule is CCCCNC(=O)CNC(=O)c1ccccc1Br. The van der Waals surface area contributed by atoms with Crippen LogP contribution in [0.2, 0.25) is 0 Å². The van der Waals surface area contributed by atoms with E-state index in [1.165, 1.54) is 0 Å². The Morgan fingerprint density at radius 2 is 1.94 bits per heavy atom. The minimum atomic E-state index is -0.256. The molecule has 0 aliphatic heterocycles. The van der Waals surface area contributed by atoms with Crippen molar-refractivity contribution in [3.8, 4) is 0 Å². The number of hydrogen-bond acceptors (Lipinski definition) is 2. The first-order valence-electron chi connectivity index (χ1n) is 5.94. The molecule has 18 heavy (non-hydrogen) atoms. The Kier molecular flexibility index (Phi) is 6.43. The highest BCUT2D eigenvalue weighted by molar-refractivity contribution is 9.10. The molecule has 0 aliphatic rings. The van der Waals surface area contributed by atoms with Crippen molar-refractivity contribution in [3.05, 3.63) is 34.3 Å². The van der Waals surface area contributed by atoms with Crippen molar-refractivity contribution in [2.45, 2.75) is 19.8 Å². The molecule has 98 valence electrons. The molecule has 1 rings (SSSR count). The lowest BCUT2D eigenvalue weighted by atomic mass is 10.2. The lowest BCUT2D eigenvalue weighted by Gasteiger charge is -2.07. The van der Waals surface area contributed by atoms with E-state index in [4.69, 9.17) is 0 Å². The number of benzene rings is 1. The number of hydrogen-bond donors (Lipinski definition) is 2. The van der Waals surface area contributed by atoms with Crippen LogP contribution in [0.15, 0.2) is 28.7 Å². The van der Waals surface area contributed by atoms with E-state index in [9.17, 15) is 9.59 Å². The quantitative estimate of drug-likeness (QED) is 0.790. The normalized spacial score (nSPS) is 9.89. The maximum atomic E-state index is 11.8. The second-order valence-corrected chi connectivity index (χ2v) is 4.72. The summed E-state index contributed by atoms with van der Waals surface area (Å²) in [7, 11) is 0. The third kappa shape index (κ3) is 4.87. The van der Waals surface area contributed by atoms with Crippen molar-refractivity contribution in [2.75, 3.05) is 13.1 Å². The summed E-state index contributed by atoms with van der Waals surface area (Å²) in [5.41, 5.74) is 0.527. The average molecular weight is 313 g/mol. The van der Waals surface area contributed by atoms with Crippen molar-refractivity contribution >= 4 is 27.7 Å². The summed E-state index contributed by atoms with van der Waals surface area (Å²) in [6, 6.07) is 7.10. The van der Waals surface area contributed by atoms with Crippen molar-refractivity contribution in [2.24, 2.45) is 0 Å². The topological polar surface area (TPSA) is 58.2 Å². The van der Waals surface area contributed by atoms with Gasteiger partial charge in [0.05, 0.1) is 12.1 Å². The first-order chi connectivity index (χ1) is 8.65. The van der Waals surface area contributed by atoms with Crippen LogP contribution in [-0.4, -0.2) is 24.9 Å². The third-order valence-corrected chi connectivity index (χ3v) is 3.07. The van der Waals surface area contributed by atoms with Gasteiger partial charge in [0.25, 0.3) is 5.91 Å². The van der Waals surface area contributed by atoms with Crippen LogP contribution in [0.5, 0.6) is 0 Å². The van der Waals surface area contributed by atoms with Crippen molar-refractivity contribution < 1.29 is 9.59 Å². The van der Waals surface area contributed by atoms with E-state index in [0.717, 1.165) is 12.8 Å². The Morgan fingerprint density at radius 3 is 2.61 bits per heavy atom. The van der Waals surface area contributed by atoms with Crippen LogP contribution in [0.3, 0.4) is 0 Å². The van der Waals surface area contributed by atoms with Crippen LogP contribution >= 0.6 is 15.9 Å². The van der Waals surface area contributed by atoms with Crippen molar-refractivity contribution in [3.63, 3.8) is 0 Å². The fraction of sp³-hybridized carbons (Fsp3) is 0.385. The van der Waals surface area contributed by atoms with Gasteiger partial charge in [0, 0.05) is 11.0 Å². The Hall–Kier alpha value is -1.36. The van der Waals surface area contributed by atoms with E-state index in [-0.39, 0.29) is 18.4 Å². The minimum Gasteiger partial charge on any atom is -0.355 e. The number of unbranched alkanes of at least 4 members (excludes halogenated alkanes) is 1. The van der Waals surface area contributed by atoms with Gasteiger partial charge < -0.3 is 10.6 Å². The Bertz CT molecular complexity index is 421. The first kappa shape index (κ1) is 14.7. The van der Waals surface area contributed by atoms with Crippen LogP contribution in [0.4, 0.5) is 0 Å². The summed E-state index contributed by atoms with van der Waals surface area (Å²) in [5.74, 6) is -0.419. The molecule has 0 atom stereocenters. The van der Waals surface area contributed by atoms with Crippen molar-refractivity contribution in [1.82, 2.24) is 10.6 Å². The highest BCUT2D eigenvalue weighted by atomic mass is 79.9.